The number of aromatic hydroxyl groups is 1. The van der Waals surface area contributed by atoms with E-state index in [-0.39, 0.29) is 29.5 Å². The first-order valence-electron chi connectivity index (χ1n) is 14.2. The number of aromatic nitrogens is 1. The first-order valence-corrected chi connectivity index (χ1v) is 15.0. The molecule has 44 heavy (non-hydrogen) atoms. The third kappa shape index (κ3) is 3.81. The zero-order valence-corrected chi connectivity index (χ0v) is 25.3. The van der Waals surface area contributed by atoms with Crippen LogP contribution in [0, 0.1) is 10.4 Å². The van der Waals surface area contributed by atoms with Crippen LogP contribution in [0.5, 0.6) is 5.75 Å². The highest BCUT2D eigenvalue weighted by atomic mass is 79.9. The maximum atomic E-state index is 13.9. The molecule has 10 nitrogen and oxygen atoms in total. The molecule has 6 rings (SSSR count). The van der Waals surface area contributed by atoms with E-state index in [2.05, 4.69) is 26.2 Å². The number of unbranched alkanes of at least 4 members (excludes halogenated alkanes) is 1. The molecule has 1 aromatic heterocycles. The van der Waals surface area contributed by atoms with Crippen molar-refractivity contribution in [2.24, 2.45) is 0 Å². The van der Waals surface area contributed by atoms with Gasteiger partial charge in [0.05, 0.1) is 31.9 Å². The standard InChI is InChI=1S/C33H27BrN2O8/c1-3-5-7-8-14-12-16-19(32(44)36-14)29(41)24-15(25(16)34)9-10-33(24)30(42)22-23(31(33)43)28(40)21-20(27(22)39)18(37)13-17(26(21)38)35-11-6-4-2/h3,5,7-8,12-13,35,41-43H,4,6,9-11H2,1-2H3,(H,36,44)/b5-3+,8-7+/t33-/m0/s1. The van der Waals surface area contributed by atoms with Crippen molar-refractivity contribution in [3.63, 3.8) is 0 Å². The minimum atomic E-state index is -1.96. The second-order valence-corrected chi connectivity index (χ2v) is 11.8. The van der Waals surface area contributed by atoms with Crippen LogP contribution < -0.4 is 43.0 Å². The number of H-pyrrole nitrogens is 1. The van der Waals surface area contributed by atoms with E-state index in [9.17, 15) is 39.3 Å². The summed E-state index contributed by atoms with van der Waals surface area (Å²) in [4.78, 5) is 70.0. The monoisotopic (exact) mass is 658 g/mol. The largest absolute Gasteiger partial charge is 0.510 e. The minimum Gasteiger partial charge on any atom is -0.510 e. The van der Waals surface area contributed by atoms with Gasteiger partial charge in [-0.15, -0.1) is 0 Å². The van der Waals surface area contributed by atoms with E-state index in [1.54, 1.807) is 24.3 Å². The molecule has 1 atom stereocenters. The van der Waals surface area contributed by atoms with Crippen molar-refractivity contribution >= 4 is 50.0 Å². The van der Waals surface area contributed by atoms with Gasteiger partial charge in [0.2, 0.25) is 16.3 Å². The zero-order valence-electron chi connectivity index (χ0n) is 23.8. The van der Waals surface area contributed by atoms with Crippen LogP contribution >= 0.6 is 15.9 Å². The molecule has 4 aliphatic rings. The van der Waals surface area contributed by atoms with Gasteiger partial charge < -0.3 is 25.6 Å². The number of hydrogen-bond acceptors (Lipinski definition) is 9. The van der Waals surface area contributed by atoms with Crippen LogP contribution in [0.1, 0.15) is 49.9 Å². The molecule has 0 amide bonds. The Bertz CT molecular complexity index is 2470. The topological polar surface area (TPSA) is 174 Å². The molecule has 1 aromatic carbocycles. The van der Waals surface area contributed by atoms with Crippen LogP contribution in [0.2, 0.25) is 0 Å². The van der Waals surface area contributed by atoms with Gasteiger partial charge in [-0.3, -0.25) is 24.0 Å². The molecule has 1 heterocycles. The number of aliphatic hydroxyl groups is 2. The van der Waals surface area contributed by atoms with Gasteiger partial charge in [-0.25, -0.2) is 0 Å². The molecule has 5 N–H and O–H groups in total. The molecule has 1 spiro atoms. The van der Waals surface area contributed by atoms with Crippen LogP contribution in [0.25, 0.3) is 28.4 Å². The van der Waals surface area contributed by atoms with Crippen molar-refractivity contribution in [2.75, 3.05) is 11.9 Å². The van der Waals surface area contributed by atoms with Crippen molar-refractivity contribution < 1.29 is 15.3 Å². The maximum Gasteiger partial charge on any atom is 0.260 e. The second kappa shape index (κ2) is 10.4. The highest BCUT2D eigenvalue weighted by Gasteiger charge is 2.53. The molecule has 0 saturated heterocycles. The number of allylic oxidation sites excluding steroid dienone is 3. The van der Waals surface area contributed by atoms with Gasteiger partial charge in [0.1, 0.15) is 22.7 Å². The van der Waals surface area contributed by atoms with Gasteiger partial charge in [-0.05, 0) is 59.8 Å². The summed E-state index contributed by atoms with van der Waals surface area (Å²) in [7, 11) is 0. The number of halogens is 1. The van der Waals surface area contributed by atoms with Crippen LogP contribution in [0.3, 0.4) is 0 Å². The van der Waals surface area contributed by atoms with Crippen molar-refractivity contribution in [3.8, 4) is 5.75 Å². The number of aliphatic hydroxyl groups excluding tert-OH is 2. The number of anilines is 1. The lowest BCUT2D eigenvalue weighted by Gasteiger charge is -2.27. The number of aromatic amines is 1. The number of fused-ring (bicyclic) bond motifs is 4. The Balaban J connectivity index is 1.71. The quantitative estimate of drug-likeness (QED) is 0.153. The van der Waals surface area contributed by atoms with Crippen LogP contribution in [0.15, 0.2) is 58.8 Å². The molecule has 11 heteroatoms. The maximum absolute atomic E-state index is 13.9. The number of pyridine rings is 1. The third-order valence-electron chi connectivity index (χ3n) is 8.62. The molecule has 0 saturated carbocycles. The zero-order chi connectivity index (χ0) is 31.7. The number of rotatable bonds is 6. The number of hydrogen-bond donors (Lipinski definition) is 5. The Labute approximate surface area is 256 Å². The summed E-state index contributed by atoms with van der Waals surface area (Å²) in [5.41, 5.74) is -5.72. The highest BCUT2D eigenvalue weighted by Crippen LogP contribution is 2.56. The Hall–Kier alpha value is -4.77. The number of phenols is 1. The van der Waals surface area contributed by atoms with Gasteiger partial charge in [0, 0.05) is 33.7 Å². The second-order valence-electron chi connectivity index (χ2n) is 11.0. The Morgan fingerprint density at radius 2 is 1.64 bits per heavy atom. The summed E-state index contributed by atoms with van der Waals surface area (Å²) in [6, 6.07) is 2.63. The Morgan fingerprint density at radius 3 is 2.30 bits per heavy atom. The van der Waals surface area contributed by atoms with Crippen LogP contribution in [-0.2, 0) is 11.8 Å². The molecule has 0 unspecified atom stereocenters. The third-order valence-corrected chi connectivity index (χ3v) is 9.52. The lowest BCUT2D eigenvalue weighted by molar-refractivity contribution is 0.362. The van der Waals surface area contributed by atoms with E-state index in [4.69, 9.17) is 0 Å². The van der Waals surface area contributed by atoms with Gasteiger partial charge >= 0.3 is 0 Å². The first-order chi connectivity index (χ1) is 21.0. The van der Waals surface area contributed by atoms with Gasteiger partial charge in [0.15, 0.2) is 5.43 Å². The summed E-state index contributed by atoms with van der Waals surface area (Å²) in [5, 5.41) is 35.5. The Morgan fingerprint density at radius 1 is 0.955 bits per heavy atom. The van der Waals surface area contributed by atoms with Gasteiger partial charge in [-0.1, -0.05) is 31.6 Å². The molecule has 2 aromatic rings. The van der Waals surface area contributed by atoms with E-state index in [0.717, 1.165) is 12.5 Å². The predicted molar refractivity (Wildman–Crippen MR) is 172 cm³/mol. The van der Waals surface area contributed by atoms with E-state index < -0.39 is 70.8 Å². The summed E-state index contributed by atoms with van der Waals surface area (Å²) in [5.74, 6) is -1.99. The Kier molecular flexibility index (Phi) is 6.96. The molecule has 0 bridgehead atoms. The molecular formula is C33H27BrN2O8. The van der Waals surface area contributed by atoms with Crippen molar-refractivity contribution in [1.29, 1.82) is 0 Å². The number of nitrogens with one attached hydrogen (secondary N) is 2. The fourth-order valence-electron chi connectivity index (χ4n) is 6.58. The summed E-state index contributed by atoms with van der Waals surface area (Å²) >= 11 is 3.54. The van der Waals surface area contributed by atoms with Crippen molar-refractivity contribution in [1.82, 2.24) is 4.98 Å². The summed E-state index contributed by atoms with van der Waals surface area (Å²) in [6.45, 7) is 4.15. The molecule has 0 aliphatic heterocycles. The van der Waals surface area contributed by atoms with Crippen LogP contribution in [0.4, 0.5) is 5.69 Å². The van der Waals surface area contributed by atoms with Crippen molar-refractivity contribution in [2.45, 2.75) is 44.9 Å². The van der Waals surface area contributed by atoms with E-state index in [1.807, 2.05) is 19.9 Å². The van der Waals surface area contributed by atoms with Crippen molar-refractivity contribution in [3.05, 3.63) is 124 Å². The molecule has 4 aliphatic carbocycles. The van der Waals surface area contributed by atoms with E-state index in [0.29, 0.717) is 34.1 Å². The number of benzene rings is 1. The predicted octanol–water partition coefficient (Wildman–Crippen LogP) is 2.07. The van der Waals surface area contributed by atoms with E-state index in [1.165, 1.54) is 0 Å². The summed E-state index contributed by atoms with van der Waals surface area (Å²) < 4.78 is 0.432. The van der Waals surface area contributed by atoms with E-state index >= 15 is 0 Å². The van der Waals surface area contributed by atoms with Crippen LogP contribution in [-0.4, -0.2) is 26.8 Å². The number of phenolic OH excluding ortho intramolecular Hbond substituents is 1. The smallest absolute Gasteiger partial charge is 0.260 e. The first kappa shape index (κ1) is 29.3. The van der Waals surface area contributed by atoms with Gasteiger partial charge in [-0.2, -0.15) is 0 Å². The SMILES string of the molecule is C/C=C/C=C/c1cc2c(Br)c3c(c(O)c2c(=O)[nH]1)[C@@]1(CC3)C(O)=c2c(=O)c3c(=O)cc(NCCCC)c(=O)c=3c(=O)c2=C1O. The molecule has 0 radical (unpaired) electrons. The highest BCUT2D eigenvalue weighted by molar-refractivity contribution is 9.10. The average molecular weight is 659 g/mol. The fraction of sp³-hybridized carbons (Fsp3) is 0.242. The fourth-order valence-corrected chi connectivity index (χ4v) is 7.28. The normalized spacial score (nSPS) is 17.6. The minimum absolute atomic E-state index is 0.0414. The molecule has 0 fully saturated rings. The lowest BCUT2D eigenvalue weighted by Crippen LogP contribution is -2.52. The average Bonchev–Trinajstić information content (AvgIpc) is 3.50. The molecular weight excluding hydrogens is 632 g/mol. The molecule has 224 valence electrons. The van der Waals surface area contributed by atoms with Gasteiger partial charge in [0.25, 0.3) is 5.56 Å². The summed E-state index contributed by atoms with van der Waals surface area (Å²) in [6.07, 6.45) is 8.62. The lowest BCUT2D eigenvalue weighted by atomic mass is 9.78.